The van der Waals surface area contributed by atoms with Crippen molar-refractivity contribution in [1.29, 1.82) is 5.26 Å². The predicted molar refractivity (Wildman–Crippen MR) is 89.3 cm³/mol. The molecule has 0 amide bonds. The minimum Gasteiger partial charge on any atom is -0.292 e. The number of carbonyl (C=O) groups excluding carboxylic acids is 1. The van der Waals surface area contributed by atoms with Crippen molar-refractivity contribution in [3.8, 4) is 6.07 Å². The van der Waals surface area contributed by atoms with E-state index in [0.29, 0.717) is 24.0 Å². The van der Waals surface area contributed by atoms with E-state index in [1.54, 1.807) is 36.4 Å². The molecule has 1 atom stereocenters. The first kappa shape index (κ1) is 16.5. The Kier molecular flexibility index (Phi) is 4.95. The number of ketones is 1. The number of carbonyl (C=O) groups is 1. The van der Waals surface area contributed by atoms with Gasteiger partial charge in [-0.3, -0.25) is 4.79 Å². The van der Waals surface area contributed by atoms with Gasteiger partial charge in [0.1, 0.15) is 24.5 Å². The van der Waals surface area contributed by atoms with E-state index >= 15 is 0 Å². The number of Topliss-reactive ketones (excluding diaryl/α,β-unsaturated/α-hetero) is 1. The van der Waals surface area contributed by atoms with Gasteiger partial charge in [0.2, 0.25) is 0 Å². The summed E-state index contributed by atoms with van der Waals surface area (Å²) in [5.41, 5.74) is 1.96. The van der Waals surface area contributed by atoms with Gasteiger partial charge in [0, 0.05) is 5.56 Å². The maximum Gasteiger partial charge on any atom is 0.187 e. The first-order valence-corrected chi connectivity index (χ1v) is 7.80. The number of halogens is 1. The van der Waals surface area contributed by atoms with E-state index in [0.717, 1.165) is 5.56 Å². The standard InChI is InChI=1S/C19H15FN4O/c20-17-8-3-14(4-9-17)5-10-18(24-13-22-12-23-24)19(25)16-6-1-15(11-21)2-7-16/h1-4,6-9,12-13,18H,5,10H2. The smallest absolute Gasteiger partial charge is 0.187 e. The summed E-state index contributed by atoms with van der Waals surface area (Å²) in [6.45, 7) is 0. The summed E-state index contributed by atoms with van der Waals surface area (Å²) < 4.78 is 14.6. The largest absolute Gasteiger partial charge is 0.292 e. The van der Waals surface area contributed by atoms with Crippen LogP contribution in [0.2, 0.25) is 0 Å². The second-order valence-corrected chi connectivity index (χ2v) is 5.61. The van der Waals surface area contributed by atoms with Crippen molar-refractivity contribution in [2.24, 2.45) is 0 Å². The van der Waals surface area contributed by atoms with Crippen LogP contribution in [0.15, 0.2) is 61.2 Å². The van der Waals surface area contributed by atoms with Crippen LogP contribution in [0.25, 0.3) is 0 Å². The molecule has 3 aromatic rings. The van der Waals surface area contributed by atoms with Crippen LogP contribution in [0.5, 0.6) is 0 Å². The Balaban J connectivity index is 1.80. The molecule has 0 spiro atoms. The monoisotopic (exact) mass is 334 g/mol. The highest BCUT2D eigenvalue weighted by Crippen LogP contribution is 2.20. The maximum absolute atomic E-state index is 13.0. The molecule has 0 saturated carbocycles. The molecule has 25 heavy (non-hydrogen) atoms. The Bertz CT molecular complexity index is 881. The van der Waals surface area contributed by atoms with Gasteiger partial charge in [0.15, 0.2) is 5.78 Å². The molecule has 0 saturated heterocycles. The molecule has 0 radical (unpaired) electrons. The van der Waals surface area contributed by atoms with E-state index < -0.39 is 6.04 Å². The van der Waals surface area contributed by atoms with Gasteiger partial charge >= 0.3 is 0 Å². The highest BCUT2D eigenvalue weighted by atomic mass is 19.1. The molecule has 0 aliphatic heterocycles. The van der Waals surface area contributed by atoms with E-state index in [1.165, 1.54) is 29.5 Å². The number of nitrogens with zero attached hydrogens (tertiary/aromatic N) is 4. The molecule has 5 nitrogen and oxygen atoms in total. The molecule has 2 aromatic carbocycles. The summed E-state index contributed by atoms with van der Waals surface area (Å²) in [5, 5.41) is 13.0. The Labute approximate surface area is 144 Å². The summed E-state index contributed by atoms with van der Waals surface area (Å²) in [4.78, 5) is 16.8. The lowest BCUT2D eigenvalue weighted by molar-refractivity contribution is 0.0911. The van der Waals surface area contributed by atoms with Crippen LogP contribution in [0.3, 0.4) is 0 Å². The molecule has 1 unspecified atom stereocenters. The van der Waals surface area contributed by atoms with Gasteiger partial charge in [-0.15, -0.1) is 0 Å². The van der Waals surface area contributed by atoms with Crippen molar-refractivity contribution in [1.82, 2.24) is 14.8 Å². The second kappa shape index (κ2) is 7.49. The van der Waals surface area contributed by atoms with E-state index in [1.807, 2.05) is 6.07 Å². The molecule has 0 aliphatic rings. The predicted octanol–water partition coefficient (Wildman–Crippen LogP) is 3.35. The molecule has 6 heteroatoms. The SMILES string of the molecule is N#Cc1ccc(C(=O)C(CCc2ccc(F)cc2)n2cncn2)cc1. The van der Waals surface area contributed by atoms with Gasteiger partial charge in [0.25, 0.3) is 0 Å². The summed E-state index contributed by atoms with van der Waals surface area (Å²) in [6.07, 6.45) is 4.01. The van der Waals surface area contributed by atoms with Crippen LogP contribution in [0, 0.1) is 17.1 Å². The van der Waals surface area contributed by atoms with Crippen molar-refractivity contribution >= 4 is 5.78 Å². The topological polar surface area (TPSA) is 71.6 Å². The fraction of sp³-hybridized carbons (Fsp3) is 0.158. The first-order valence-electron chi connectivity index (χ1n) is 7.80. The lowest BCUT2D eigenvalue weighted by Gasteiger charge is -2.16. The zero-order valence-electron chi connectivity index (χ0n) is 13.3. The third-order valence-electron chi connectivity index (χ3n) is 3.98. The molecule has 0 aliphatic carbocycles. The number of aryl methyl sites for hydroxylation is 1. The van der Waals surface area contributed by atoms with Crippen molar-refractivity contribution in [2.75, 3.05) is 0 Å². The zero-order chi connectivity index (χ0) is 17.6. The molecule has 1 heterocycles. The third-order valence-corrected chi connectivity index (χ3v) is 3.98. The van der Waals surface area contributed by atoms with Crippen molar-refractivity contribution in [3.63, 3.8) is 0 Å². The number of benzene rings is 2. The molecule has 0 N–H and O–H groups in total. The highest BCUT2D eigenvalue weighted by molar-refractivity contribution is 5.99. The Morgan fingerprint density at radius 2 is 1.88 bits per heavy atom. The average molecular weight is 334 g/mol. The van der Waals surface area contributed by atoms with Gasteiger partial charge in [-0.25, -0.2) is 14.1 Å². The fourth-order valence-electron chi connectivity index (χ4n) is 2.62. The van der Waals surface area contributed by atoms with Crippen molar-refractivity contribution < 1.29 is 9.18 Å². The zero-order valence-corrected chi connectivity index (χ0v) is 13.3. The summed E-state index contributed by atoms with van der Waals surface area (Å²) >= 11 is 0. The average Bonchev–Trinajstić information content (AvgIpc) is 3.18. The van der Waals surface area contributed by atoms with Gasteiger partial charge < -0.3 is 0 Å². The van der Waals surface area contributed by atoms with Gasteiger partial charge in [-0.2, -0.15) is 10.4 Å². The molecule has 3 rings (SSSR count). The molecule has 0 bridgehead atoms. The summed E-state index contributed by atoms with van der Waals surface area (Å²) in [6, 6.07) is 14.3. The van der Waals surface area contributed by atoms with Gasteiger partial charge in [-0.05, 0) is 42.7 Å². The first-order chi connectivity index (χ1) is 12.2. The molecular weight excluding hydrogens is 319 g/mol. The van der Waals surface area contributed by atoms with Crippen LogP contribution in [-0.4, -0.2) is 20.5 Å². The third kappa shape index (κ3) is 3.96. The summed E-state index contributed by atoms with van der Waals surface area (Å²) in [5.74, 6) is -0.387. The van der Waals surface area contributed by atoms with E-state index in [9.17, 15) is 9.18 Å². The van der Waals surface area contributed by atoms with Crippen molar-refractivity contribution in [3.05, 3.63) is 83.7 Å². The van der Waals surface area contributed by atoms with E-state index in [-0.39, 0.29) is 11.6 Å². The Morgan fingerprint density at radius 3 is 2.48 bits per heavy atom. The molecule has 1 aromatic heterocycles. The lowest BCUT2D eigenvalue weighted by Crippen LogP contribution is -2.21. The fourth-order valence-corrected chi connectivity index (χ4v) is 2.62. The van der Waals surface area contributed by atoms with Crippen LogP contribution in [0.4, 0.5) is 4.39 Å². The maximum atomic E-state index is 13.0. The van der Waals surface area contributed by atoms with Crippen LogP contribution in [0.1, 0.15) is 33.9 Å². The minimum atomic E-state index is -0.513. The van der Waals surface area contributed by atoms with E-state index in [4.69, 9.17) is 5.26 Å². The van der Waals surface area contributed by atoms with Crippen LogP contribution < -0.4 is 0 Å². The molecule has 124 valence electrons. The number of aromatic nitrogens is 3. The quantitative estimate of drug-likeness (QED) is 0.648. The second-order valence-electron chi connectivity index (χ2n) is 5.61. The van der Waals surface area contributed by atoms with Crippen LogP contribution in [-0.2, 0) is 6.42 Å². The minimum absolute atomic E-state index is 0.0999. The normalized spacial score (nSPS) is 11.7. The van der Waals surface area contributed by atoms with Crippen molar-refractivity contribution in [2.45, 2.75) is 18.9 Å². The number of nitriles is 1. The van der Waals surface area contributed by atoms with Crippen LogP contribution >= 0.6 is 0 Å². The molecular formula is C19H15FN4O. The number of rotatable bonds is 6. The van der Waals surface area contributed by atoms with Gasteiger partial charge in [0.05, 0.1) is 11.6 Å². The Morgan fingerprint density at radius 1 is 1.16 bits per heavy atom. The Hall–Kier alpha value is -3.33. The highest BCUT2D eigenvalue weighted by Gasteiger charge is 2.22. The van der Waals surface area contributed by atoms with Gasteiger partial charge in [-0.1, -0.05) is 24.3 Å². The molecule has 0 fully saturated rings. The number of hydrogen-bond acceptors (Lipinski definition) is 4. The number of hydrogen-bond donors (Lipinski definition) is 0. The van der Waals surface area contributed by atoms with E-state index in [2.05, 4.69) is 10.1 Å². The summed E-state index contributed by atoms with van der Waals surface area (Å²) in [7, 11) is 0. The lowest BCUT2D eigenvalue weighted by atomic mass is 9.97.